The smallest absolute Gasteiger partial charge is 0.0368 e. The lowest BCUT2D eigenvalue weighted by molar-refractivity contribution is 0.0945. The van der Waals surface area contributed by atoms with E-state index in [-0.39, 0.29) is 0 Å². The van der Waals surface area contributed by atoms with Crippen molar-refractivity contribution in [3.63, 3.8) is 0 Å². The highest BCUT2D eigenvalue weighted by atomic mass is 15.1. The van der Waals surface area contributed by atoms with Crippen molar-refractivity contribution >= 4 is 5.69 Å². The van der Waals surface area contributed by atoms with Gasteiger partial charge < -0.3 is 9.80 Å². The van der Waals surface area contributed by atoms with Gasteiger partial charge >= 0.3 is 0 Å². The Morgan fingerprint density at radius 1 is 1.00 bits per heavy atom. The molecule has 0 aliphatic carbocycles. The van der Waals surface area contributed by atoms with Crippen molar-refractivity contribution in [2.24, 2.45) is 5.41 Å². The molecule has 0 N–H and O–H groups in total. The van der Waals surface area contributed by atoms with Crippen molar-refractivity contribution in [1.29, 1.82) is 0 Å². The summed E-state index contributed by atoms with van der Waals surface area (Å²) in [7, 11) is 2.26. The van der Waals surface area contributed by atoms with Gasteiger partial charge in [0, 0.05) is 18.8 Å². The third-order valence-electron chi connectivity index (χ3n) is 5.56. The van der Waals surface area contributed by atoms with Crippen molar-refractivity contribution in [3.05, 3.63) is 29.8 Å². The number of likely N-dealkylation sites (tertiary alicyclic amines) is 1. The topological polar surface area (TPSA) is 6.48 Å². The number of piperidine rings is 2. The third-order valence-corrected chi connectivity index (χ3v) is 5.56. The predicted octanol–water partition coefficient (Wildman–Crippen LogP) is 3.56. The highest BCUT2D eigenvalue weighted by Gasteiger charge is 2.36. The van der Waals surface area contributed by atoms with Gasteiger partial charge in [0.1, 0.15) is 0 Å². The summed E-state index contributed by atoms with van der Waals surface area (Å²) >= 11 is 0. The highest BCUT2D eigenvalue weighted by molar-refractivity contribution is 5.49. The maximum Gasteiger partial charge on any atom is 0.0368 e. The molecule has 1 aromatic carbocycles. The maximum atomic E-state index is 2.60. The second-order valence-electron chi connectivity index (χ2n) is 6.81. The van der Waals surface area contributed by atoms with Crippen molar-refractivity contribution in [2.75, 3.05) is 38.1 Å². The molecule has 2 heterocycles. The van der Waals surface area contributed by atoms with Gasteiger partial charge in [0.2, 0.25) is 0 Å². The lowest BCUT2D eigenvalue weighted by atomic mass is 9.71. The van der Waals surface area contributed by atoms with Gasteiger partial charge in [-0.1, -0.05) is 19.1 Å². The minimum absolute atomic E-state index is 0.658. The molecule has 0 amide bonds. The normalized spacial score (nSPS) is 23.2. The number of benzene rings is 1. The predicted molar refractivity (Wildman–Crippen MR) is 86.4 cm³/mol. The molecule has 2 fully saturated rings. The van der Waals surface area contributed by atoms with E-state index in [1.54, 1.807) is 0 Å². The highest BCUT2D eigenvalue weighted by Crippen LogP contribution is 2.41. The molecule has 0 saturated carbocycles. The summed E-state index contributed by atoms with van der Waals surface area (Å²) in [4.78, 5) is 5.09. The van der Waals surface area contributed by atoms with Gasteiger partial charge in [-0.2, -0.15) is 0 Å². The second kappa shape index (κ2) is 5.77. The molecule has 0 radical (unpaired) electrons. The van der Waals surface area contributed by atoms with Crippen LogP contribution >= 0.6 is 0 Å². The summed E-state index contributed by atoms with van der Waals surface area (Å²) in [6, 6.07) is 9.12. The van der Waals surface area contributed by atoms with Gasteiger partial charge in [0.15, 0.2) is 0 Å². The summed E-state index contributed by atoms with van der Waals surface area (Å²) < 4.78 is 0. The molecule has 2 aliphatic rings. The van der Waals surface area contributed by atoms with Crippen molar-refractivity contribution in [2.45, 2.75) is 39.0 Å². The maximum absolute atomic E-state index is 2.60. The van der Waals surface area contributed by atoms with Crippen LogP contribution in [0.3, 0.4) is 0 Å². The van der Waals surface area contributed by atoms with E-state index >= 15 is 0 Å². The first-order valence-corrected chi connectivity index (χ1v) is 8.23. The molecule has 0 unspecified atom stereocenters. The molecular weight excluding hydrogens is 244 g/mol. The van der Waals surface area contributed by atoms with Crippen LogP contribution < -0.4 is 4.90 Å². The van der Waals surface area contributed by atoms with Gasteiger partial charge in [0.25, 0.3) is 0 Å². The molecule has 2 saturated heterocycles. The van der Waals surface area contributed by atoms with Crippen LogP contribution in [0.2, 0.25) is 0 Å². The minimum Gasteiger partial charge on any atom is -0.371 e. The molecule has 3 rings (SSSR count). The average Bonchev–Trinajstić information content (AvgIpc) is 2.51. The molecule has 0 aromatic heterocycles. The van der Waals surface area contributed by atoms with Crippen molar-refractivity contribution in [1.82, 2.24) is 4.90 Å². The second-order valence-corrected chi connectivity index (χ2v) is 6.81. The van der Waals surface area contributed by atoms with Gasteiger partial charge in [-0.05, 0) is 75.4 Å². The molecule has 110 valence electrons. The standard InChI is InChI=1S/C18H28N2/c1-3-16-5-4-6-17(15-16)20-13-9-18(10-14-20)7-11-19(2)12-8-18/h4-6,15H,3,7-14H2,1-2H3. The van der Waals surface area contributed by atoms with Crippen LogP contribution in [0.4, 0.5) is 5.69 Å². The Labute approximate surface area is 123 Å². The zero-order chi connectivity index (χ0) is 14.0. The first kappa shape index (κ1) is 13.9. The van der Waals surface area contributed by atoms with Crippen LogP contribution in [0.5, 0.6) is 0 Å². The van der Waals surface area contributed by atoms with Gasteiger partial charge in [-0.15, -0.1) is 0 Å². The van der Waals surface area contributed by atoms with E-state index in [1.807, 2.05) is 0 Å². The van der Waals surface area contributed by atoms with E-state index in [2.05, 4.69) is 48.0 Å². The molecule has 1 aromatic rings. The largest absolute Gasteiger partial charge is 0.371 e. The Morgan fingerprint density at radius 3 is 2.30 bits per heavy atom. The van der Waals surface area contributed by atoms with Crippen LogP contribution in [0.25, 0.3) is 0 Å². The Balaban J connectivity index is 1.63. The molecule has 2 nitrogen and oxygen atoms in total. The molecular formula is C18H28N2. The third kappa shape index (κ3) is 2.85. The van der Waals surface area contributed by atoms with Crippen LogP contribution in [-0.2, 0) is 6.42 Å². The Kier molecular flexibility index (Phi) is 4.02. The van der Waals surface area contributed by atoms with E-state index in [0.29, 0.717) is 5.41 Å². The SMILES string of the molecule is CCc1cccc(N2CCC3(CCN(C)CC3)CC2)c1. The molecule has 2 heteroatoms. The first-order chi connectivity index (χ1) is 9.71. The van der Waals surface area contributed by atoms with Gasteiger partial charge in [0.05, 0.1) is 0 Å². The number of nitrogens with zero attached hydrogens (tertiary/aromatic N) is 2. The summed E-state index contributed by atoms with van der Waals surface area (Å²) in [5.74, 6) is 0. The number of rotatable bonds is 2. The fourth-order valence-electron chi connectivity index (χ4n) is 3.81. The number of aryl methyl sites for hydroxylation is 1. The Morgan fingerprint density at radius 2 is 1.65 bits per heavy atom. The molecule has 0 atom stereocenters. The van der Waals surface area contributed by atoms with Gasteiger partial charge in [-0.25, -0.2) is 0 Å². The summed E-state index contributed by atoms with van der Waals surface area (Å²) in [6.45, 7) is 7.33. The molecule has 2 aliphatic heterocycles. The van der Waals surface area contributed by atoms with E-state index in [9.17, 15) is 0 Å². The summed E-state index contributed by atoms with van der Waals surface area (Å²) in [5.41, 5.74) is 3.56. The quantitative estimate of drug-likeness (QED) is 0.812. The average molecular weight is 272 g/mol. The zero-order valence-corrected chi connectivity index (χ0v) is 13.1. The first-order valence-electron chi connectivity index (χ1n) is 8.23. The molecule has 0 bridgehead atoms. The summed E-state index contributed by atoms with van der Waals surface area (Å²) in [6.07, 6.45) is 6.73. The van der Waals surface area contributed by atoms with E-state index in [1.165, 1.54) is 63.1 Å². The lowest BCUT2D eigenvalue weighted by Crippen LogP contribution is -2.46. The van der Waals surface area contributed by atoms with Crippen LogP contribution in [0.15, 0.2) is 24.3 Å². The monoisotopic (exact) mass is 272 g/mol. The fraction of sp³-hybridized carbons (Fsp3) is 0.667. The summed E-state index contributed by atoms with van der Waals surface area (Å²) in [5, 5.41) is 0. The molecule has 20 heavy (non-hydrogen) atoms. The lowest BCUT2D eigenvalue weighted by Gasteiger charge is -2.47. The molecule has 1 spiro atoms. The number of hydrogen-bond acceptors (Lipinski definition) is 2. The number of hydrogen-bond donors (Lipinski definition) is 0. The fourth-order valence-corrected chi connectivity index (χ4v) is 3.81. The van der Waals surface area contributed by atoms with E-state index in [0.717, 1.165) is 6.42 Å². The van der Waals surface area contributed by atoms with Crippen molar-refractivity contribution in [3.8, 4) is 0 Å². The Bertz CT molecular complexity index is 436. The van der Waals surface area contributed by atoms with Crippen LogP contribution in [-0.4, -0.2) is 38.1 Å². The zero-order valence-electron chi connectivity index (χ0n) is 13.1. The number of anilines is 1. The van der Waals surface area contributed by atoms with Gasteiger partial charge in [-0.3, -0.25) is 0 Å². The van der Waals surface area contributed by atoms with Crippen LogP contribution in [0, 0.1) is 5.41 Å². The van der Waals surface area contributed by atoms with Crippen LogP contribution in [0.1, 0.15) is 38.2 Å². The Hall–Kier alpha value is -1.02. The minimum atomic E-state index is 0.658. The van der Waals surface area contributed by atoms with Crippen molar-refractivity contribution < 1.29 is 0 Å². The van der Waals surface area contributed by atoms with E-state index in [4.69, 9.17) is 0 Å². The van der Waals surface area contributed by atoms with E-state index < -0.39 is 0 Å².